The SMILES string of the molecule is O=C(CCCc1cccnc1)N1CCc2cc3c(cc2C1)OCO3. The standard InChI is InChI=1S/C19H20N2O3/c22-19(5-1-3-14-4-2-7-20-11-14)21-8-6-15-9-17-18(24-13-23-17)10-16(15)12-21/h2,4,7,9-11H,1,3,5-6,8,12-13H2. The lowest BCUT2D eigenvalue weighted by Gasteiger charge is -2.29. The van der Waals surface area contributed by atoms with Crippen LogP contribution in [0.4, 0.5) is 0 Å². The molecule has 1 aromatic heterocycles. The normalized spacial score (nSPS) is 15.2. The van der Waals surface area contributed by atoms with Crippen molar-refractivity contribution >= 4 is 5.91 Å². The van der Waals surface area contributed by atoms with Gasteiger partial charge in [0.2, 0.25) is 12.7 Å². The Morgan fingerprint density at radius 3 is 2.83 bits per heavy atom. The second-order valence-corrected chi connectivity index (χ2v) is 6.25. The molecular weight excluding hydrogens is 304 g/mol. The molecule has 1 amide bonds. The van der Waals surface area contributed by atoms with Crippen LogP contribution in [0.1, 0.15) is 29.5 Å². The molecule has 0 spiro atoms. The quantitative estimate of drug-likeness (QED) is 0.868. The van der Waals surface area contributed by atoms with Crippen LogP contribution in [-0.2, 0) is 24.2 Å². The van der Waals surface area contributed by atoms with Gasteiger partial charge in [-0.25, -0.2) is 0 Å². The summed E-state index contributed by atoms with van der Waals surface area (Å²) in [5.41, 5.74) is 3.62. The first-order chi connectivity index (χ1) is 11.8. The van der Waals surface area contributed by atoms with Gasteiger partial charge < -0.3 is 14.4 Å². The lowest BCUT2D eigenvalue weighted by Crippen LogP contribution is -2.35. The molecule has 5 heteroatoms. The Bertz CT molecular complexity index is 746. The van der Waals surface area contributed by atoms with Crippen LogP contribution in [0, 0.1) is 0 Å². The van der Waals surface area contributed by atoms with Crippen LogP contribution in [0.2, 0.25) is 0 Å². The number of carbonyl (C=O) groups excluding carboxylic acids is 1. The monoisotopic (exact) mass is 324 g/mol. The third kappa shape index (κ3) is 3.07. The van der Waals surface area contributed by atoms with Gasteiger partial charge in [-0.15, -0.1) is 0 Å². The number of hydrogen-bond donors (Lipinski definition) is 0. The van der Waals surface area contributed by atoms with Crippen LogP contribution in [0.25, 0.3) is 0 Å². The van der Waals surface area contributed by atoms with E-state index in [0.717, 1.165) is 37.3 Å². The number of nitrogens with zero attached hydrogens (tertiary/aromatic N) is 2. The average molecular weight is 324 g/mol. The third-order valence-electron chi connectivity index (χ3n) is 4.64. The fourth-order valence-electron chi connectivity index (χ4n) is 3.31. The van der Waals surface area contributed by atoms with E-state index >= 15 is 0 Å². The Morgan fingerprint density at radius 1 is 1.21 bits per heavy atom. The molecule has 2 aliphatic rings. The van der Waals surface area contributed by atoms with Crippen molar-refractivity contribution in [3.8, 4) is 11.5 Å². The summed E-state index contributed by atoms with van der Waals surface area (Å²) in [4.78, 5) is 18.5. The first-order valence-electron chi connectivity index (χ1n) is 8.38. The molecule has 5 nitrogen and oxygen atoms in total. The molecule has 2 aliphatic heterocycles. The smallest absolute Gasteiger partial charge is 0.231 e. The number of ether oxygens (including phenoxy) is 2. The predicted octanol–water partition coefficient (Wildman–Crippen LogP) is 2.72. The van der Waals surface area contributed by atoms with E-state index in [1.165, 1.54) is 16.7 Å². The van der Waals surface area contributed by atoms with Crippen LogP contribution < -0.4 is 9.47 Å². The van der Waals surface area contributed by atoms with Crippen LogP contribution in [0.15, 0.2) is 36.7 Å². The largest absolute Gasteiger partial charge is 0.454 e. The topological polar surface area (TPSA) is 51.7 Å². The molecule has 3 heterocycles. The van der Waals surface area contributed by atoms with E-state index in [2.05, 4.69) is 17.1 Å². The minimum Gasteiger partial charge on any atom is -0.454 e. The van der Waals surface area contributed by atoms with Crippen LogP contribution in [-0.4, -0.2) is 29.1 Å². The van der Waals surface area contributed by atoms with Gasteiger partial charge in [0.25, 0.3) is 0 Å². The molecule has 1 aromatic carbocycles. The minimum absolute atomic E-state index is 0.224. The predicted molar refractivity (Wildman–Crippen MR) is 88.9 cm³/mol. The zero-order valence-electron chi connectivity index (χ0n) is 13.5. The maximum Gasteiger partial charge on any atom is 0.231 e. The number of amides is 1. The molecule has 124 valence electrons. The maximum absolute atomic E-state index is 12.5. The number of carbonyl (C=O) groups is 1. The molecule has 0 aliphatic carbocycles. The number of hydrogen-bond acceptors (Lipinski definition) is 4. The molecular formula is C19H20N2O3. The first kappa shape index (κ1) is 15.0. The van der Waals surface area contributed by atoms with Gasteiger partial charge in [0.05, 0.1) is 0 Å². The highest BCUT2D eigenvalue weighted by atomic mass is 16.7. The van der Waals surface area contributed by atoms with E-state index in [9.17, 15) is 4.79 Å². The van der Waals surface area contributed by atoms with E-state index < -0.39 is 0 Å². The van der Waals surface area contributed by atoms with Gasteiger partial charge in [-0.3, -0.25) is 9.78 Å². The van der Waals surface area contributed by atoms with Crippen molar-refractivity contribution in [2.45, 2.75) is 32.2 Å². The van der Waals surface area contributed by atoms with Gasteiger partial charge in [-0.05, 0) is 54.2 Å². The Hall–Kier alpha value is -2.56. The summed E-state index contributed by atoms with van der Waals surface area (Å²) in [6.45, 7) is 1.73. The molecule has 0 bridgehead atoms. The van der Waals surface area contributed by atoms with E-state index in [1.54, 1.807) is 6.20 Å². The van der Waals surface area contributed by atoms with Crippen molar-refractivity contribution < 1.29 is 14.3 Å². The van der Waals surface area contributed by atoms with Crippen molar-refractivity contribution in [1.82, 2.24) is 9.88 Å². The fraction of sp³-hybridized carbons (Fsp3) is 0.368. The zero-order chi connectivity index (χ0) is 16.4. The molecule has 0 fully saturated rings. The number of rotatable bonds is 4. The molecule has 24 heavy (non-hydrogen) atoms. The zero-order valence-corrected chi connectivity index (χ0v) is 13.5. The molecule has 0 N–H and O–H groups in total. The van der Waals surface area contributed by atoms with Crippen molar-refractivity contribution in [2.24, 2.45) is 0 Å². The summed E-state index contributed by atoms with van der Waals surface area (Å²) in [6.07, 6.45) is 6.84. The summed E-state index contributed by atoms with van der Waals surface area (Å²) < 4.78 is 10.9. The Labute approximate surface area is 141 Å². The van der Waals surface area contributed by atoms with E-state index in [-0.39, 0.29) is 12.7 Å². The van der Waals surface area contributed by atoms with Gasteiger partial charge in [0.1, 0.15) is 0 Å². The second kappa shape index (κ2) is 6.51. The van der Waals surface area contributed by atoms with Gasteiger partial charge in [-0.1, -0.05) is 6.07 Å². The van der Waals surface area contributed by atoms with Gasteiger partial charge in [-0.2, -0.15) is 0 Å². The molecule has 0 unspecified atom stereocenters. The molecule has 0 saturated heterocycles. The van der Waals surface area contributed by atoms with Crippen LogP contribution in [0.3, 0.4) is 0 Å². The third-order valence-corrected chi connectivity index (χ3v) is 4.64. The summed E-state index contributed by atoms with van der Waals surface area (Å²) in [7, 11) is 0. The fourth-order valence-corrected chi connectivity index (χ4v) is 3.31. The van der Waals surface area contributed by atoms with Crippen molar-refractivity contribution in [1.29, 1.82) is 0 Å². The summed E-state index contributed by atoms with van der Waals surface area (Å²) in [5.74, 6) is 1.84. The summed E-state index contributed by atoms with van der Waals surface area (Å²) >= 11 is 0. The van der Waals surface area contributed by atoms with Gasteiger partial charge >= 0.3 is 0 Å². The molecule has 0 atom stereocenters. The second-order valence-electron chi connectivity index (χ2n) is 6.25. The summed E-state index contributed by atoms with van der Waals surface area (Å²) in [5, 5.41) is 0. The Morgan fingerprint density at radius 2 is 2.04 bits per heavy atom. The van der Waals surface area contributed by atoms with Gasteiger partial charge in [0, 0.05) is 31.9 Å². The minimum atomic E-state index is 0.224. The van der Waals surface area contributed by atoms with Crippen molar-refractivity contribution in [3.63, 3.8) is 0 Å². The summed E-state index contributed by atoms with van der Waals surface area (Å²) in [6, 6.07) is 8.06. The average Bonchev–Trinajstić information content (AvgIpc) is 3.07. The van der Waals surface area contributed by atoms with E-state index in [0.29, 0.717) is 13.0 Å². The van der Waals surface area contributed by atoms with E-state index in [1.807, 2.05) is 23.2 Å². The van der Waals surface area contributed by atoms with Crippen molar-refractivity contribution in [3.05, 3.63) is 53.3 Å². The number of benzene rings is 1. The molecule has 2 aromatic rings. The Kier molecular flexibility index (Phi) is 4.07. The molecule has 0 saturated carbocycles. The number of fused-ring (bicyclic) bond motifs is 2. The number of aryl methyl sites for hydroxylation is 1. The van der Waals surface area contributed by atoms with Crippen molar-refractivity contribution in [2.75, 3.05) is 13.3 Å². The lowest BCUT2D eigenvalue weighted by atomic mass is 9.98. The van der Waals surface area contributed by atoms with E-state index in [4.69, 9.17) is 9.47 Å². The lowest BCUT2D eigenvalue weighted by molar-refractivity contribution is -0.132. The molecule has 0 radical (unpaired) electrons. The Balaban J connectivity index is 1.35. The van der Waals surface area contributed by atoms with Crippen LogP contribution >= 0.6 is 0 Å². The number of pyridine rings is 1. The van der Waals surface area contributed by atoms with Crippen LogP contribution in [0.5, 0.6) is 11.5 Å². The maximum atomic E-state index is 12.5. The highest BCUT2D eigenvalue weighted by Gasteiger charge is 2.24. The highest BCUT2D eigenvalue weighted by Crippen LogP contribution is 2.36. The number of aromatic nitrogens is 1. The first-order valence-corrected chi connectivity index (χ1v) is 8.38. The highest BCUT2D eigenvalue weighted by molar-refractivity contribution is 5.76. The van der Waals surface area contributed by atoms with Gasteiger partial charge in [0.15, 0.2) is 11.5 Å². The molecule has 4 rings (SSSR count).